The van der Waals surface area contributed by atoms with Crippen LogP contribution in [-0.4, -0.2) is 31.6 Å². The minimum atomic E-state index is -4.43. The van der Waals surface area contributed by atoms with Crippen molar-refractivity contribution in [2.24, 2.45) is 0 Å². The molecule has 9 nitrogen and oxygen atoms in total. The van der Waals surface area contributed by atoms with Gasteiger partial charge in [-0.15, -0.1) is 4.73 Å². The van der Waals surface area contributed by atoms with Crippen molar-refractivity contribution in [2.45, 2.75) is 19.2 Å². The van der Waals surface area contributed by atoms with Gasteiger partial charge in [-0.2, -0.15) is 4.98 Å². The third kappa shape index (κ3) is 3.54. The van der Waals surface area contributed by atoms with E-state index in [4.69, 9.17) is 25.1 Å². The number of rotatable bonds is 5. The van der Waals surface area contributed by atoms with Crippen molar-refractivity contribution in [2.75, 3.05) is 12.5 Å². The fourth-order valence-electron chi connectivity index (χ4n) is 0.814. The van der Waals surface area contributed by atoms with E-state index < -0.39 is 25.4 Å². The maximum atomic E-state index is 11.2. The lowest BCUT2D eigenvalue weighted by Crippen LogP contribution is -2.34. The Morgan fingerprint density at radius 1 is 1.56 bits per heavy atom. The number of nitrogen functional groups attached to an aromatic ring is 1. The normalized spacial score (nSPS) is 12.4. The number of hydrogen-bond acceptors (Lipinski definition) is 6. The van der Waals surface area contributed by atoms with Gasteiger partial charge in [-0.3, -0.25) is 4.57 Å². The average Bonchev–Trinajstić information content (AvgIpc) is 2.19. The molecule has 4 N–H and O–H groups in total. The molecule has 10 heteroatoms. The molecule has 0 bridgehead atoms. The summed E-state index contributed by atoms with van der Waals surface area (Å²) in [6, 6.07) is 1.33. The SMILES string of the molecule is CC(C)(OCOn1ccc(N)nc1=O)P(=O)(O)O. The van der Waals surface area contributed by atoms with Crippen LogP contribution in [0.3, 0.4) is 0 Å². The molecular formula is C8H14N3O6P. The van der Waals surface area contributed by atoms with Crippen molar-refractivity contribution in [1.29, 1.82) is 0 Å². The summed E-state index contributed by atoms with van der Waals surface area (Å²) in [5.41, 5.74) is 4.51. The van der Waals surface area contributed by atoms with E-state index in [0.29, 0.717) is 0 Å². The number of nitrogens with zero attached hydrogens (tertiary/aromatic N) is 2. The third-order valence-electron chi connectivity index (χ3n) is 2.10. The molecule has 0 aliphatic heterocycles. The molecule has 0 aromatic carbocycles. The topological polar surface area (TPSA) is 137 Å². The smallest absolute Gasteiger partial charge is 0.382 e. The second-order valence-electron chi connectivity index (χ2n) is 3.84. The van der Waals surface area contributed by atoms with E-state index in [2.05, 4.69) is 4.98 Å². The number of anilines is 1. The van der Waals surface area contributed by atoms with E-state index in [1.54, 1.807) is 0 Å². The van der Waals surface area contributed by atoms with Crippen LogP contribution >= 0.6 is 7.60 Å². The standard InChI is InChI=1S/C8H14N3O6P/c1-8(2,18(13,14)15)16-5-17-11-4-3-6(9)10-7(11)12/h3-4H,5H2,1-2H3,(H2,9,10,12)(H2,13,14,15). The molecule has 1 rings (SSSR count). The monoisotopic (exact) mass is 279 g/mol. The van der Waals surface area contributed by atoms with E-state index in [-0.39, 0.29) is 5.82 Å². The summed E-state index contributed by atoms with van der Waals surface area (Å²) >= 11 is 0. The molecule has 0 unspecified atom stereocenters. The Hall–Kier alpha value is -1.41. The highest BCUT2D eigenvalue weighted by Crippen LogP contribution is 2.50. The molecule has 18 heavy (non-hydrogen) atoms. The van der Waals surface area contributed by atoms with Gasteiger partial charge in [0.1, 0.15) is 5.82 Å². The second-order valence-corrected chi connectivity index (χ2v) is 6.01. The maximum Gasteiger partial charge on any atom is 0.382 e. The molecule has 0 aliphatic rings. The van der Waals surface area contributed by atoms with Crippen molar-refractivity contribution in [3.63, 3.8) is 0 Å². The molecule has 0 atom stereocenters. The molecule has 0 amide bonds. The zero-order chi connectivity index (χ0) is 14.0. The van der Waals surface area contributed by atoms with Gasteiger partial charge in [0.05, 0.1) is 6.20 Å². The first-order valence-corrected chi connectivity index (χ1v) is 6.43. The highest BCUT2D eigenvalue weighted by molar-refractivity contribution is 7.53. The molecule has 0 saturated heterocycles. The van der Waals surface area contributed by atoms with Crippen LogP contribution in [-0.2, 0) is 9.30 Å². The van der Waals surface area contributed by atoms with E-state index in [0.717, 1.165) is 4.73 Å². The summed E-state index contributed by atoms with van der Waals surface area (Å²) < 4.78 is 16.6. The largest absolute Gasteiger partial charge is 0.383 e. The Labute approximate surface area is 102 Å². The molecular weight excluding hydrogens is 265 g/mol. The lowest BCUT2D eigenvalue weighted by atomic mass is 10.5. The van der Waals surface area contributed by atoms with Crippen LogP contribution in [0.4, 0.5) is 5.82 Å². The van der Waals surface area contributed by atoms with Crippen LogP contribution in [0.15, 0.2) is 17.1 Å². The van der Waals surface area contributed by atoms with Crippen molar-refractivity contribution >= 4 is 13.4 Å². The Bertz CT molecular complexity index is 522. The van der Waals surface area contributed by atoms with Crippen LogP contribution in [0.2, 0.25) is 0 Å². The minimum absolute atomic E-state index is 0.0383. The Balaban J connectivity index is 2.63. The molecule has 1 aromatic rings. The molecule has 102 valence electrons. The van der Waals surface area contributed by atoms with Gasteiger partial charge in [0.15, 0.2) is 5.34 Å². The van der Waals surface area contributed by atoms with Crippen molar-refractivity contribution < 1.29 is 23.9 Å². The van der Waals surface area contributed by atoms with Gasteiger partial charge in [0, 0.05) is 6.07 Å². The minimum Gasteiger partial charge on any atom is -0.383 e. The molecule has 0 fully saturated rings. The van der Waals surface area contributed by atoms with Gasteiger partial charge in [-0.05, 0) is 13.8 Å². The summed E-state index contributed by atoms with van der Waals surface area (Å²) in [5, 5.41) is -1.71. The number of nitrogens with two attached hydrogens (primary N) is 1. The number of aromatic nitrogens is 2. The molecule has 0 aliphatic carbocycles. The summed E-state index contributed by atoms with van der Waals surface area (Å²) in [7, 11) is -4.43. The predicted octanol–water partition coefficient (Wildman–Crippen LogP) is -0.858. The first kappa shape index (κ1) is 14.7. The molecule has 0 spiro atoms. The van der Waals surface area contributed by atoms with Gasteiger partial charge in [0.25, 0.3) is 0 Å². The van der Waals surface area contributed by atoms with E-state index >= 15 is 0 Å². The van der Waals surface area contributed by atoms with E-state index in [1.807, 2.05) is 0 Å². The number of ether oxygens (including phenoxy) is 1. The highest BCUT2D eigenvalue weighted by atomic mass is 31.2. The Morgan fingerprint density at radius 2 is 2.17 bits per heavy atom. The molecule has 0 radical (unpaired) electrons. The Kier molecular flexibility index (Phi) is 4.12. The first-order chi connectivity index (χ1) is 8.13. The Morgan fingerprint density at radius 3 is 2.67 bits per heavy atom. The van der Waals surface area contributed by atoms with Gasteiger partial charge in [-0.25, -0.2) is 4.79 Å². The predicted molar refractivity (Wildman–Crippen MR) is 61.6 cm³/mol. The van der Waals surface area contributed by atoms with Crippen molar-refractivity contribution in [3.8, 4) is 0 Å². The summed E-state index contributed by atoms with van der Waals surface area (Å²) in [5.74, 6) is 0.0383. The zero-order valence-corrected chi connectivity index (χ0v) is 10.7. The third-order valence-corrected chi connectivity index (χ3v) is 3.63. The van der Waals surface area contributed by atoms with Crippen LogP contribution in [0, 0.1) is 0 Å². The highest BCUT2D eigenvalue weighted by Gasteiger charge is 2.39. The van der Waals surface area contributed by atoms with Gasteiger partial charge in [0.2, 0.25) is 6.79 Å². The van der Waals surface area contributed by atoms with E-state index in [9.17, 15) is 9.36 Å². The zero-order valence-electron chi connectivity index (χ0n) is 9.81. The van der Waals surface area contributed by atoms with Gasteiger partial charge < -0.3 is 25.1 Å². The van der Waals surface area contributed by atoms with Crippen molar-refractivity contribution in [1.82, 2.24) is 9.71 Å². The fourth-order valence-corrected chi connectivity index (χ4v) is 1.04. The molecule has 1 aromatic heterocycles. The van der Waals surface area contributed by atoms with Gasteiger partial charge in [-0.1, -0.05) is 0 Å². The van der Waals surface area contributed by atoms with E-state index in [1.165, 1.54) is 26.1 Å². The van der Waals surface area contributed by atoms with Crippen LogP contribution in [0.1, 0.15) is 13.8 Å². The summed E-state index contributed by atoms with van der Waals surface area (Å²) in [4.78, 5) is 37.4. The lowest BCUT2D eigenvalue weighted by Gasteiger charge is -2.25. The number of hydrogen-bond donors (Lipinski definition) is 3. The van der Waals surface area contributed by atoms with Gasteiger partial charge >= 0.3 is 13.3 Å². The summed E-state index contributed by atoms with van der Waals surface area (Å²) in [6.07, 6.45) is 1.22. The first-order valence-electron chi connectivity index (χ1n) is 4.81. The summed E-state index contributed by atoms with van der Waals surface area (Å²) in [6.45, 7) is 1.89. The molecule has 1 heterocycles. The van der Waals surface area contributed by atoms with Crippen LogP contribution in [0.5, 0.6) is 0 Å². The average molecular weight is 279 g/mol. The van der Waals surface area contributed by atoms with Crippen LogP contribution in [0.25, 0.3) is 0 Å². The second kappa shape index (κ2) is 5.07. The quantitative estimate of drug-likeness (QED) is 0.468. The molecule has 0 saturated carbocycles. The maximum absolute atomic E-state index is 11.2. The fraction of sp³-hybridized carbons (Fsp3) is 0.500. The van der Waals surface area contributed by atoms with Crippen molar-refractivity contribution in [3.05, 3.63) is 22.7 Å². The van der Waals surface area contributed by atoms with Crippen LogP contribution < -0.4 is 16.3 Å². The lowest BCUT2D eigenvalue weighted by molar-refractivity contribution is -0.108.